The second kappa shape index (κ2) is 7.49. The van der Waals surface area contributed by atoms with Crippen LogP contribution in [0.5, 0.6) is 5.75 Å². The zero-order valence-electron chi connectivity index (χ0n) is 13.6. The Balaban J connectivity index is 1.47. The fraction of sp³-hybridized carbons (Fsp3) is 0.333. The van der Waals surface area contributed by atoms with Crippen molar-refractivity contribution in [1.29, 1.82) is 0 Å². The van der Waals surface area contributed by atoms with Crippen molar-refractivity contribution in [2.24, 2.45) is 0 Å². The minimum atomic E-state index is -0.397. The van der Waals surface area contributed by atoms with Crippen LogP contribution in [-0.2, 0) is 17.6 Å². The summed E-state index contributed by atoms with van der Waals surface area (Å²) in [6.45, 7) is 1.80. The lowest BCUT2D eigenvalue weighted by Crippen LogP contribution is -2.43. The first-order valence-corrected chi connectivity index (χ1v) is 8.84. The standard InChI is InChI=1S/C18H20N2O3S/c1-12-5-4-7-14(9-12)23-11-17(21)19-20-18(22)16-10-13-6-2-3-8-15(13)24-16/h4-5,7,9-10H,2-3,6,8,11H2,1H3,(H,19,21)(H,20,22). The van der Waals surface area contributed by atoms with E-state index >= 15 is 0 Å². The van der Waals surface area contributed by atoms with Crippen LogP contribution >= 0.6 is 11.3 Å². The van der Waals surface area contributed by atoms with E-state index in [1.165, 1.54) is 34.6 Å². The molecular formula is C18H20N2O3S. The Morgan fingerprint density at radius 3 is 2.79 bits per heavy atom. The second-order valence-electron chi connectivity index (χ2n) is 5.87. The molecule has 1 heterocycles. The molecular weight excluding hydrogens is 324 g/mol. The Morgan fingerprint density at radius 1 is 1.17 bits per heavy atom. The van der Waals surface area contributed by atoms with Gasteiger partial charge in [0.25, 0.3) is 11.8 Å². The quantitative estimate of drug-likeness (QED) is 0.838. The van der Waals surface area contributed by atoms with Gasteiger partial charge in [0.1, 0.15) is 5.75 Å². The minimum Gasteiger partial charge on any atom is -0.484 e. The molecule has 0 spiro atoms. The van der Waals surface area contributed by atoms with Gasteiger partial charge in [0, 0.05) is 4.88 Å². The van der Waals surface area contributed by atoms with E-state index in [2.05, 4.69) is 10.9 Å². The summed E-state index contributed by atoms with van der Waals surface area (Å²) in [5, 5.41) is 0. The summed E-state index contributed by atoms with van der Waals surface area (Å²) < 4.78 is 5.39. The van der Waals surface area contributed by atoms with Gasteiger partial charge in [0.15, 0.2) is 6.61 Å². The number of carbonyl (C=O) groups is 2. The van der Waals surface area contributed by atoms with Gasteiger partial charge in [-0.1, -0.05) is 12.1 Å². The zero-order chi connectivity index (χ0) is 16.9. The van der Waals surface area contributed by atoms with Gasteiger partial charge in [0.05, 0.1) is 4.88 Å². The molecule has 2 aromatic rings. The van der Waals surface area contributed by atoms with Crippen LogP contribution in [0.25, 0.3) is 0 Å². The van der Waals surface area contributed by atoms with Gasteiger partial charge in [-0.3, -0.25) is 20.4 Å². The highest BCUT2D eigenvalue weighted by atomic mass is 32.1. The largest absolute Gasteiger partial charge is 0.484 e. The number of nitrogens with one attached hydrogen (secondary N) is 2. The number of hydrazine groups is 1. The number of aryl methyl sites for hydroxylation is 3. The van der Waals surface area contributed by atoms with Crippen molar-refractivity contribution < 1.29 is 14.3 Å². The molecule has 1 aliphatic rings. The number of rotatable bonds is 4. The molecule has 3 rings (SSSR count). The Morgan fingerprint density at radius 2 is 2.00 bits per heavy atom. The van der Waals surface area contributed by atoms with E-state index in [-0.39, 0.29) is 12.5 Å². The van der Waals surface area contributed by atoms with Crippen LogP contribution < -0.4 is 15.6 Å². The molecule has 0 unspecified atom stereocenters. The first-order chi connectivity index (χ1) is 11.6. The van der Waals surface area contributed by atoms with Crippen LogP contribution in [0.4, 0.5) is 0 Å². The molecule has 0 aliphatic heterocycles. The third-order valence-corrected chi connectivity index (χ3v) is 5.13. The maximum absolute atomic E-state index is 12.1. The molecule has 0 fully saturated rings. The van der Waals surface area contributed by atoms with E-state index in [0.29, 0.717) is 10.6 Å². The number of hydrogen-bond donors (Lipinski definition) is 2. The Kier molecular flexibility index (Phi) is 5.15. The lowest BCUT2D eigenvalue weighted by molar-refractivity contribution is -0.123. The van der Waals surface area contributed by atoms with E-state index in [1.54, 1.807) is 6.07 Å². The summed E-state index contributed by atoms with van der Waals surface area (Å²) >= 11 is 1.51. The van der Waals surface area contributed by atoms with E-state index in [0.717, 1.165) is 18.4 Å². The molecule has 2 amide bonds. The fourth-order valence-corrected chi connectivity index (χ4v) is 3.83. The van der Waals surface area contributed by atoms with Gasteiger partial charge < -0.3 is 4.74 Å². The molecule has 0 bridgehead atoms. The third kappa shape index (κ3) is 4.14. The van der Waals surface area contributed by atoms with Gasteiger partial charge in [-0.15, -0.1) is 11.3 Å². The SMILES string of the molecule is Cc1cccc(OCC(=O)NNC(=O)c2cc3c(s2)CCCC3)c1. The average molecular weight is 344 g/mol. The van der Waals surface area contributed by atoms with Crippen LogP contribution in [-0.4, -0.2) is 18.4 Å². The van der Waals surface area contributed by atoms with Crippen molar-refractivity contribution in [3.8, 4) is 5.75 Å². The van der Waals surface area contributed by atoms with Crippen molar-refractivity contribution in [3.05, 3.63) is 51.2 Å². The molecule has 0 saturated heterocycles. The number of fused-ring (bicyclic) bond motifs is 1. The summed E-state index contributed by atoms with van der Waals surface area (Å²) in [5.41, 5.74) is 7.16. The third-order valence-electron chi connectivity index (χ3n) is 3.90. The molecule has 24 heavy (non-hydrogen) atoms. The maximum atomic E-state index is 12.1. The zero-order valence-corrected chi connectivity index (χ0v) is 14.4. The number of amides is 2. The van der Waals surface area contributed by atoms with Crippen LogP contribution in [0.15, 0.2) is 30.3 Å². The normalized spacial score (nSPS) is 13.0. The van der Waals surface area contributed by atoms with Gasteiger partial charge in [0.2, 0.25) is 0 Å². The summed E-state index contributed by atoms with van der Waals surface area (Å²) in [5.74, 6) is -0.0492. The molecule has 6 heteroatoms. The van der Waals surface area contributed by atoms with Crippen LogP contribution in [0, 0.1) is 6.92 Å². The highest BCUT2D eigenvalue weighted by molar-refractivity contribution is 7.14. The number of benzene rings is 1. The van der Waals surface area contributed by atoms with E-state index in [9.17, 15) is 9.59 Å². The predicted molar refractivity (Wildman–Crippen MR) is 93.2 cm³/mol. The second-order valence-corrected chi connectivity index (χ2v) is 7.01. The number of carbonyl (C=O) groups excluding carboxylic acids is 2. The summed E-state index contributed by atoms with van der Waals surface area (Å²) in [4.78, 5) is 25.8. The van der Waals surface area contributed by atoms with Gasteiger partial charge in [-0.05, 0) is 61.9 Å². The molecule has 1 aliphatic carbocycles. The molecule has 0 radical (unpaired) electrons. The molecule has 2 N–H and O–H groups in total. The minimum absolute atomic E-state index is 0.148. The highest BCUT2D eigenvalue weighted by Crippen LogP contribution is 2.29. The highest BCUT2D eigenvalue weighted by Gasteiger charge is 2.17. The molecule has 0 saturated carbocycles. The molecule has 5 nitrogen and oxygen atoms in total. The summed E-state index contributed by atoms with van der Waals surface area (Å²) in [6, 6.07) is 9.39. The maximum Gasteiger partial charge on any atom is 0.279 e. The van der Waals surface area contributed by atoms with E-state index < -0.39 is 5.91 Å². The topological polar surface area (TPSA) is 67.4 Å². The smallest absolute Gasteiger partial charge is 0.279 e. The Bertz CT molecular complexity index is 731. The van der Waals surface area contributed by atoms with Gasteiger partial charge >= 0.3 is 0 Å². The summed E-state index contributed by atoms with van der Waals surface area (Å²) in [6.07, 6.45) is 4.44. The van der Waals surface area contributed by atoms with Crippen molar-refractivity contribution in [2.75, 3.05) is 6.61 Å². The number of hydrogen-bond acceptors (Lipinski definition) is 4. The first-order valence-electron chi connectivity index (χ1n) is 8.02. The van der Waals surface area contributed by atoms with E-state index in [1.807, 2.05) is 31.2 Å². The van der Waals surface area contributed by atoms with Crippen LogP contribution in [0.1, 0.15) is 38.5 Å². The van der Waals surface area contributed by atoms with Crippen LogP contribution in [0.2, 0.25) is 0 Å². The predicted octanol–water partition coefficient (Wildman–Crippen LogP) is 2.78. The van der Waals surface area contributed by atoms with Gasteiger partial charge in [-0.25, -0.2) is 0 Å². The Hall–Kier alpha value is -2.34. The first kappa shape index (κ1) is 16.5. The van der Waals surface area contributed by atoms with Crippen molar-refractivity contribution in [1.82, 2.24) is 10.9 Å². The van der Waals surface area contributed by atoms with Gasteiger partial charge in [-0.2, -0.15) is 0 Å². The lowest BCUT2D eigenvalue weighted by Gasteiger charge is -2.08. The molecule has 126 valence electrons. The van der Waals surface area contributed by atoms with E-state index in [4.69, 9.17) is 4.74 Å². The molecule has 1 aromatic carbocycles. The number of thiophene rings is 1. The summed E-state index contributed by atoms with van der Waals surface area (Å²) in [7, 11) is 0. The number of ether oxygens (including phenoxy) is 1. The average Bonchev–Trinajstić information content (AvgIpc) is 3.02. The van der Waals surface area contributed by atoms with Crippen LogP contribution in [0.3, 0.4) is 0 Å². The molecule has 1 aromatic heterocycles. The van der Waals surface area contributed by atoms with Crippen molar-refractivity contribution in [3.63, 3.8) is 0 Å². The fourth-order valence-electron chi connectivity index (χ4n) is 2.68. The van der Waals surface area contributed by atoms with Crippen molar-refractivity contribution in [2.45, 2.75) is 32.6 Å². The lowest BCUT2D eigenvalue weighted by atomic mass is 9.99. The molecule has 0 atom stereocenters. The monoisotopic (exact) mass is 344 g/mol. The van der Waals surface area contributed by atoms with Crippen molar-refractivity contribution >= 4 is 23.2 Å². The Labute approximate surface area is 145 Å².